The van der Waals surface area contributed by atoms with Crippen molar-refractivity contribution in [3.8, 4) is 0 Å². The molecule has 0 saturated heterocycles. The summed E-state index contributed by atoms with van der Waals surface area (Å²) in [6.07, 6.45) is 0. The fourth-order valence-electron chi connectivity index (χ4n) is 2.53. The lowest BCUT2D eigenvalue weighted by atomic mass is 10.1. The van der Waals surface area contributed by atoms with Gasteiger partial charge >= 0.3 is 0 Å². The topological polar surface area (TPSA) is 64.0 Å². The lowest BCUT2D eigenvalue weighted by Gasteiger charge is -2.12. The molecule has 23 heavy (non-hydrogen) atoms. The molecular weight excluding hydrogens is 310 g/mol. The summed E-state index contributed by atoms with van der Waals surface area (Å²) >= 11 is 0. The van der Waals surface area contributed by atoms with Gasteiger partial charge in [0.2, 0.25) is 0 Å². The summed E-state index contributed by atoms with van der Waals surface area (Å²) in [7, 11) is -1.74. The Bertz CT molecular complexity index is 1000. The summed E-state index contributed by atoms with van der Waals surface area (Å²) in [5, 5.41) is 0. The van der Waals surface area contributed by atoms with Gasteiger partial charge in [0.25, 0.3) is 10.0 Å². The third kappa shape index (κ3) is 2.70. The van der Waals surface area contributed by atoms with Gasteiger partial charge < -0.3 is 4.57 Å². The van der Waals surface area contributed by atoms with Gasteiger partial charge in [0, 0.05) is 7.05 Å². The van der Waals surface area contributed by atoms with E-state index in [9.17, 15) is 8.42 Å². The minimum absolute atomic E-state index is 0.212. The highest BCUT2D eigenvalue weighted by molar-refractivity contribution is 7.92. The van der Waals surface area contributed by atoms with Crippen LogP contribution in [0.4, 0.5) is 5.69 Å². The van der Waals surface area contributed by atoms with E-state index in [1.165, 1.54) is 0 Å². The summed E-state index contributed by atoms with van der Waals surface area (Å²) in [6, 6.07) is 10.6. The Morgan fingerprint density at radius 3 is 2.57 bits per heavy atom. The van der Waals surface area contributed by atoms with Gasteiger partial charge in [0.15, 0.2) is 0 Å². The number of hydrogen-bond donors (Lipinski definition) is 1. The maximum absolute atomic E-state index is 12.7. The Morgan fingerprint density at radius 2 is 1.83 bits per heavy atom. The zero-order valence-electron chi connectivity index (χ0n) is 13.6. The van der Waals surface area contributed by atoms with E-state index in [4.69, 9.17) is 0 Å². The Balaban J connectivity index is 2.04. The molecule has 3 aromatic rings. The maximum Gasteiger partial charge on any atom is 0.261 e. The Labute approximate surface area is 136 Å². The first kappa shape index (κ1) is 15.6. The summed E-state index contributed by atoms with van der Waals surface area (Å²) in [5.41, 5.74) is 4.15. The Hall–Kier alpha value is -2.34. The van der Waals surface area contributed by atoms with Crippen LogP contribution in [0.2, 0.25) is 0 Å². The molecule has 0 aliphatic heterocycles. The number of imidazole rings is 1. The van der Waals surface area contributed by atoms with Crippen LogP contribution in [0.25, 0.3) is 11.0 Å². The van der Waals surface area contributed by atoms with Gasteiger partial charge in [0.1, 0.15) is 5.82 Å². The van der Waals surface area contributed by atoms with E-state index in [0.29, 0.717) is 11.2 Å². The molecule has 0 atom stereocenters. The number of aromatic nitrogens is 2. The van der Waals surface area contributed by atoms with Gasteiger partial charge in [-0.3, -0.25) is 4.72 Å². The largest absolute Gasteiger partial charge is 0.331 e. The highest BCUT2D eigenvalue weighted by atomic mass is 32.2. The van der Waals surface area contributed by atoms with Crippen molar-refractivity contribution in [2.24, 2.45) is 7.05 Å². The van der Waals surface area contributed by atoms with Crippen LogP contribution in [-0.2, 0) is 17.1 Å². The van der Waals surface area contributed by atoms with Gasteiger partial charge in [-0.1, -0.05) is 12.1 Å². The van der Waals surface area contributed by atoms with Crippen LogP contribution in [0.3, 0.4) is 0 Å². The molecule has 5 nitrogen and oxygen atoms in total. The number of hydrogen-bond acceptors (Lipinski definition) is 3. The lowest BCUT2D eigenvalue weighted by Crippen LogP contribution is -2.14. The molecule has 3 rings (SSSR count). The zero-order chi connectivity index (χ0) is 16.8. The van der Waals surface area contributed by atoms with Crippen molar-refractivity contribution in [1.82, 2.24) is 9.55 Å². The fourth-order valence-corrected chi connectivity index (χ4v) is 3.68. The molecule has 0 aliphatic rings. The van der Waals surface area contributed by atoms with Crippen LogP contribution < -0.4 is 4.72 Å². The normalized spacial score (nSPS) is 11.8. The Kier molecular flexibility index (Phi) is 3.64. The first-order chi connectivity index (χ1) is 10.8. The van der Waals surface area contributed by atoms with E-state index in [1.54, 1.807) is 24.3 Å². The molecule has 0 spiro atoms. The smallest absolute Gasteiger partial charge is 0.261 e. The molecule has 120 valence electrons. The number of nitrogens with one attached hydrogen (secondary N) is 1. The minimum Gasteiger partial charge on any atom is -0.331 e. The van der Waals surface area contributed by atoms with Crippen molar-refractivity contribution in [1.29, 1.82) is 0 Å². The third-order valence-electron chi connectivity index (χ3n) is 4.24. The standard InChI is InChI=1S/C17H19N3O2S/c1-11-6-5-7-15(12(11)2)19-23(21,22)14-8-9-17-16(10-14)18-13(3)20(17)4/h5-10,19H,1-4H3. The summed E-state index contributed by atoms with van der Waals surface area (Å²) in [4.78, 5) is 4.61. The molecule has 0 saturated carbocycles. The quantitative estimate of drug-likeness (QED) is 0.802. The predicted molar refractivity (Wildman–Crippen MR) is 92.2 cm³/mol. The summed E-state index contributed by atoms with van der Waals surface area (Å²) < 4.78 is 29.9. The SMILES string of the molecule is Cc1cccc(NS(=O)(=O)c2ccc3c(c2)nc(C)n3C)c1C. The van der Waals surface area contributed by atoms with Crippen LogP contribution in [0, 0.1) is 20.8 Å². The maximum atomic E-state index is 12.7. The molecule has 0 fully saturated rings. The highest BCUT2D eigenvalue weighted by Gasteiger charge is 2.17. The molecule has 6 heteroatoms. The van der Waals surface area contributed by atoms with E-state index in [-0.39, 0.29) is 4.90 Å². The van der Waals surface area contributed by atoms with Crippen LogP contribution >= 0.6 is 0 Å². The monoisotopic (exact) mass is 329 g/mol. The number of aryl methyl sites for hydroxylation is 3. The van der Waals surface area contributed by atoms with E-state index in [0.717, 1.165) is 22.5 Å². The van der Waals surface area contributed by atoms with Crippen LogP contribution in [0.1, 0.15) is 17.0 Å². The molecule has 0 bridgehead atoms. The van der Waals surface area contributed by atoms with Crippen molar-refractivity contribution < 1.29 is 8.42 Å². The van der Waals surface area contributed by atoms with Gasteiger partial charge in [-0.25, -0.2) is 13.4 Å². The first-order valence-electron chi connectivity index (χ1n) is 7.32. The third-order valence-corrected chi connectivity index (χ3v) is 5.60. The van der Waals surface area contributed by atoms with Crippen molar-refractivity contribution in [2.75, 3.05) is 4.72 Å². The minimum atomic E-state index is -3.65. The number of rotatable bonds is 3. The lowest BCUT2D eigenvalue weighted by molar-refractivity contribution is 0.601. The van der Waals surface area contributed by atoms with Crippen LogP contribution in [0.5, 0.6) is 0 Å². The van der Waals surface area contributed by atoms with Gasteiger partial charge in [0.05, 0.1) is 21.6 Å². The summed E-state index contributed by atoms with van der Waals surface area (Å²) in [6.45, 7) is 5.75. The second-order valence-corrected chi connectivity index (χ2v) is 7.40. The van der Waals surface area contributed by atoms with E-state index in [2.05, 4.69) is 9.71 Å². The first-order valence-corrected chi connectivity index (χ1v) is 8.80. The second kappa shape index (κ2) is 5.38. The molecule has 0 aliphatic carbocycles. The molecule has 0 amide bonds. The zero-order valence-corrected chi connectivity index (χ0v) is 14.4. The number of sulfonamides is 1. The number of fused-ring (bicyclic) bond motifs is 1. The number of benzene rings is 2. The van der Waals surface area contributed by atoms with Crippen molar-refractivity contribution in [3.05, 3.63) is 53.3 Å². The molecule has 0 unspecified atom stereocenters. The van der Waals surface area contributed by atoms with Gasteiger partial charge in [-0.15, -0.1) is 0 Å². The van der Waals surface area contributed by atoms with E-state index < -0.39 is 10.0 Å². The van der Waals surface area contributed by atoms with Gasteiger partial charge in [-0.05, 0) is 56.2 Å². The number of anilines is 1. The van der Waals surface area contributed by atoms with Crippen LogP contribution in [0.15, 0.2) is 41.3 Å². The molecule has 0 radical (unpaired) electrons. The van der Waals surface area contributed by atoms with Crippen molar-refractivity contribution in [2.45, 2.75) is 25.7 Å². The van der Waals surface area contributed by atoms with Crippen molar-refractivity contribution >= 4 is 26.7 Å². The average molecular weight is 329 g/mol. The molecular formula is C17H19N3O2S. The molecule has 2 aromatic carbocycles. The predicted octanol–water partition coefficient (Wildman–Crippen LogP) is 3.30. The second-order valence-electron chi connectivity index (χ2n) is 5.72. The fraction of sp³-hybridized carbons (Fsp3) is 0.235. The summed E-state index contributed by atoms with van der Waals surface area (Å²) in [5.74, 6) is 0.844. The molecule has 1 aromatic heterocycles. The molecule has 1 heterocycles. The molecule has 1 N–H and O–H groups in total. The van der Waals surface area contributed by atoms with Crippen molar-refractivity contribution in [3.63, 3.8) is 0 Å². The van der Waals surface area contributed by atoms with E-state index >= 15 is 0 Å². The van der Waals surface area contributed by atoms with E-state index in [1.807, 2.05) is 44.5 Å². The van der Waals surface area contributed by atoms with Crippen LogP contribution in [-0.4, -0.2) is 18.0 Å². The highest BCUT2D eigenvalue weighted by Crippen LogP contribution is 2.24. The average Bonchev–Trinajstić information content (AvgIpc) is 2.78. The Morgan fingerprint density at radius 1 is 1.09 bits per heavy atom. The van der Waals surface area contributed by atoms with Gasteiger partial charge in [-0.2, -0.15) is 0 Å². The number of nitrogens with zero attached hydrogens (tertiary/aromatic N) is 2.